The van der Waals surface area contributed by atoms with Crippen LogP contribution >= 0.6 is 0 Å². The highest BCUT2D eigenvalue weighted by atomic mass is 16.3. The van der Waals surface area contributed by atoms with E-state index in [-0.39, 0.29) is 30.0 Å². The van der Waals surface area contributed by atoms with Crippen LogP contribution in [0.2, 0.25) is 0 Å². The minimum Gasteiger partial charge on any atom is -0.508 e. The lowest BCUT2D eigenvalue weighted by Gasteiger charge is -2.37. The number of amides is 1. The van der Waals surface area contributed by atoms with Gasteiger partial charge in [-0.1, -0.05) is 31.4 Å². The molecule has 1 saturated heterocycles. The molecule has 2 aliphatic rings. The fourth-order valence-electron chi connectivity index (χ4n) is 4.16. The molecule has 1 amide bonds. The van der Waals surface area contributed by atoms with Gasteiger partial charge in [-0.2, -0.15) is 0 Å². The second-order valence-electron chi connectivity index (χ2n) is 7.33. The summed E-state index contributed by atoms with van der Waals surface area (Å²) in [5.41, 5.74) is 3.18. The van der Waals surface area contributed by atoms with E-state index in [0.717, 1.165) is 12.8 Å². The third-order valence-electron chi connectivity index (χ3n) is 5.88. The quantitative estimate of drug-likeness (QED) is 0.833. The predicted octanol–water partition coefficient (Wildman–Crippen LogP) is 2.90. The molecule has 5 heteroatoms. The van der Waals surface area contributed by atoms with Crippen LogP contribution in [0, 0.1) is 11.3 Å². The summed E-state index contributed by atoms with van der Waals surface area (Å²) in [6.07, 6.45) is 5.79. The smallest absolute Gasteiger partial charge is 0.244 e. The molecule has 2 N–H and O–H groups in total. The van der Waals surface area contributed by atoms with Gasteiger partial charge in [0, 0.05) is 11.6 Å². The number of hydrogen-bond acceptors (Lipinski definition) is 4. The summed E-state index contributed by atoms with van der Waals surface area (Å²) >= 11 is 0. The predicted molar refractivity (Wildman–Crippen MR) is 91.4 cm³/mol. The molecule has 0 aromatic heterocycles. The number of phenolic OH excluding ortho intramolecular Hbond substituents is 1. The maximum absolute atomic E-state index is 13.0. The maximum Gasteiger partial charge on any atom is 0.244 e. The Kier molecular flexibility index (Phi) is 4.63. The molecule has 1 aliphatic carbocycles. The van der Waals surface area contributed by atoms with Crippen LogP contribution < -0.4 is 5.43 Å². The van der Waals surface area contributed by atoms with Gasteiger partial charge in [-0.25, -0.2) is 5.43 Å². The lowest BCUT2D eigenvalue weighted by Crippen LogP contribution is -2.43. The second-order valence-corrected chi connectivity index (χ2v) is 7.33. The summed E-state index contributed by atoms with van der Waals surface area (Å²) in [6, 6.07) is 6.28. The Hall–Kier alpha value is -1.88. The van der Waals surface area contributed by atoms with Crippen LogP contribution in [0.15, 0.2) is 24.3 Å². The molecule has 0 radical (unpaired) electrons. The molecule has 5 nitrogen and oxygen atoms in total. The molecule has 1 aliphatic heterocycles. The van der Waals surface area contributed by atoms with E-state index in [1.807, 2.05) is 13.8 Å². The van der Waals surface area contributed by atoms with E-state index in [4.69, 9.17) is 0 Å². The summed E-state index contributed by atoms with van der Waals surface area (Å²) in [5.74, 6) is 0.284. The van der Waals surface area contributed by atoms with Gasteiger partial charge in [-0.05, 0) is 44.7 Å². The van der Waals surface area contributed by atoms with Crippen LogP contribution in [-0.4, -0.2) is 34.4 Å². The average Bonchev–Trinajstić information content (AvgIpc) is 2.80. The summed E-state index contributed by atoms with van der Waals surface area (Å²) < 4.78 is 0. The zero-order chi connectivity index (χ0) is 17.3. The summed E-state index contributed by atoms with van der Waals surface area (Å²) in [5, 5.41) is 11.0. The van der Waals surface area contributed by atoms with Crippen molar-refractivity contribution in [2.45, 2.75) is 52.0 Å². The van der Waals surface area contributed by atoms with Crippen molar-refractivity contribution >= 4 is 11.7 Å². The second kappa shape index (κ2) is 6.55. The molecular weight excluding hydrogens is 304 g/mol. The van der Waals surface area contributed by atoms with Crippen molar-refractivity contribution < 1.29 is 14.7 Å². The SMILES string of the molecule is CC1NN(CC(=O)c2cccc(O)c2)C(=O)C1(C)C1CCCCC1. The molecule has 3 rings (SSSR count). The summed E-state index contributed by atoms with van der Waals surface area (Å²) in [7, 11) is 0. The molecule has 1 aromatic rings. The van der Waals surface area contributed by atoms with Crippen LogP contribution in [0.3, 0.4) is 0 Å². The van der Waals surface area contributed by atoms with Gasteiger partial charge in [-0.15, -0.1) is 0 Å². The number of hydrogen-bond donors (Lipinski definition) is 2. The van der Waals surface area contributed by atoms with Crippen LogP contribution in [0.4, 0.5) is 0 Å². The molecule has 1 heterocycles. The Labute approximate surface area is 143 Å². The highest BCUT2D eigenvalue weighted by Gasteiger charge is 2.53. The lowest BCUT2D eigenvalue weighted by molar-refractivity contribution is -0.139. The summed E-state index contributed by atoms with van der Waals surface area (Å²) in [4.78, 5) is 25.5. The van der Waals surface area contributed by atoms with Crippen molar-refractivity contribution in [2.24, 2.45) is 11.3 Å². The number of ketones is 1. The Bertz CT molecular complexity index is 639. The van der Waals surface area contributed by atoms with E-state index in [1.165, 1.54) is 36.4 Å². The molecule has 130 valence electrons. The van der Waals surface area contributed by atoms with Crippen molar-refractivity contribution in [3.8, 4) is 5.75 Å². The zero-order valence-corrected chi connectivity index (χ0v) is 14.4. The largest absolute Gasteiger partial charge is 0.508 e. The van der Waals surface area contributed by atoms with Gasteiger partial charge < -0.3 is 5.11 Å². The van der Waals surface area contributed by atoms with E-state index in [2.05, 4.69) is 5.43 Å². The number of carbonyl (C=O) groups excluding carboxylic acids is 2. The van der Waals surface area contributed by atoms with Crippen LogP contribution in [0.1, 0.15) is 56.3 Å². The highest BCUT2D eigenvalue weighted by Crippen LogP contribution is 2.44. The molecular formula is C19H26N2O3. The molecule has 2 fully saturated rings. The molecule has 2 unspecified atom stereocenters. The topological polar surface area (TPSA) is 69.6 Å². The number of carbonyl (C=O) groups is 2. The van der Waals surface area contributed by atoms with Gasteiger partial charge in [0.15, 0.2) is 5.78 Å². The standard InChI is InChI=1S/C19H26N2O3/c1-13-19(2,15-8-4-3-5-9-15)18(24)21(20-13)12-17(23)14-7-6-10-16(22)11-14/h6-7,10-11,13,15,20,22H,3-5,8-9,12H2,1-2H3. The van der Waals surface area contributed by atoms with Crippen LogP contribution in [-0.2, 0) is 4.79 Å². The molecule has 1 saturated carbocycles. The molecule has 2 atom stereocenters. The van der Waals surface area contributed by atoms with E-state index in [9.17, 15) is 14.7 Å². The van der Waals surface area contributed by atoms with Gasteiger partial charge in [0.1, 0.15) is 12.3 Å². The van der Waals surface area contributed by atoms with Gasteiger partial charge in [-0.3, -0.25) is 14.6 Å². The number of rotatable bonds is 4. The Morgan fingerprint density at radius 2 is 2.04 bits per heavy atom. The first-order valence-electron chi connectivity index (χ1n) is 8.83. The third-order valence-corrected chi connectivity index (χ3v) is 5.88. The maximum atomic E-state index is 13.0. The monoisotopic (exact) mass is 330 g/mol. The Morgan fingerprint density at radius 3 is 2.71 bits per heavy atom. The van der Waals surface area contributed by atoms with E-state index in [0.29, 0.717) is 11.5 Å². The zero-order valence-electron chi connectivity index (χ0n) is 14.4. The van der Waals surface area contributed by atoms with E-state index < -0.39 is 5.41 Å². The van der Waals surface area contributed by atoms with Crippen molar-refractivity contribution in [1.82, 2.24) is 10.4 Å². The minimum absolute atomic E-state index is 0.00502. The number of aromatic hydroxyl groups is 1. The average molecular weight is 330 g/mol. The molecule has 1 aromatic carbocycles. The number of phenols is 1. The van der Waals surface area contributed by atoms with E-state index >= 15 is 0 Å². The summed E-state index contributed by atoms with van der Waals surface area (Å²) in [6.45, 7) is 4.07. The van der Waals surface area contributed by atoms with Gasteiger partial charge in [0.25, 0.3) is 0 Å². The van der Waals surface area contributed by atoms with Gasteiger partial charge >= 0.3 is 0 Å². The van der Waals surface area contributed by atoms with E-state index in [1.54, 1.807) is 12.1 Å². The third kappa shape index (κ3) is 2.93. The Balaban J connectivity index is 1.74. The number of Topliss-reactive ketones (excluding diaryl/α,β-unsaturated/α-hetero) is 1. The first kappa shape index (κ1) is 17.0. The van der Waals surface area contributed by atoms with Crippen molar-refractivity contribution in [3.05, 3.63) is 29.8 Å². The normalized spacial score (nSPS) is 28.3. The first-order chi connectivity index (χ1) is 11.4. The number of nitrogens with zero attached hydrogens (tertiary/aromatic N) is 1. The fraction of sp³-hybridized carbons (Fsp3) is 0.579. The number of benzene rings is 1. The number of nitrogens with one attached hydrogen (secondary N) is 1. The minimum atomic E-state index is -0.445. The number of hydrazine groups is 1. The fourth-order valence-corrected chi connectivity index (χ4v) is 4.16. The lowest BCUT2D eigenvalue weighted by atomic mass is 9.66. The molecule has 24 heavy (non-hydrogen) atoms. The molecule has 0 spiro atoms. The van der Waals surface area contributed by atoms with Crippen molar-refractivity contribution in [3.63, 3.8) is 0 Å². The van der Waals surface area contributed by atoms with Crippen molar-refractivity contribution in [1.29, 1.82) is 0 Å². The van der Waals surface area contributed by atoms with Gasteiger partial charge in [0.2, 0.25) is 5.91 Å². The van der Waals surface area contributed by atoms with Crippen LogP contribution in [0.25, 0.3) is 0 Å². The van der Waals surface area contributed by atoms with Gasteiger partial charge in [0.05, 0.1) is 5.41 Å². The highest BCUT2D eigenvalue weighted by molar-refractivity contribution is 6.00. The first-order valence-corrected chi connectivity index (χ1v) is 8.83. The van der Waals surface area contributed by atoms with Crippen LogP contribution in [0.5, 0.6) is 5.75 Å². The molecule has 0 bridgehead atoms. The Morgan fingerprint density at radius 1 is 1.33 bits per heavy atom. The van der Waals surface area contributed by atoms with Crippen molar-refractivity contribution in [2.75, 3.05) is 6.54 Å².